The molecule has 2 aromatic rings. The van der Waals surface area contributed by atoms with Crippen molar-refractivity contribution in [2.45, 2.75) is 32.9 Å². The molecule has 0 unspecified atom stereocenters. The number of esters is 1. The molecule has 6 nitrogen and oxygen atoms in total. The van der Waals surface area contributed by atoms with E-state index in [1.54, 1.807) is 10.9 Å². The standard InChI is InChI=1S/C17H21N3O3/c1-17(2,3)20-11-14(9-19-20)16(22)18-10-15(21)23-12-13-7-5-4-6-8-13/h4-9,11H,10,12H2,1-3H3,(H,18,22). The van der Waals surface area contributed by atoms with Crippen molar-refractivity contribution in [1.29, 1.82) is 0 Å². The van der Waals surface area contributed by atoms with Gasteiger partial charge in [-0.15, -0.1) is 0 Å². The molecule has 1 aromatic heterocycles. The molecule has 6 heteroatoms. The number of carbonyl (C=O) groups is 2. The molecule has 0 aliphatic carbocycles. The number of carbonyl (C=O) groups excluding carboxylic acids is 2. The molecular formula is C17H21N3O3. The average Bonchev–Trinajstić information content (AvgIpc) is 3.02. The molecule has 0 aliphatic rings. The molecule has 0 saturated carbocycles. The van der Waals surface area contributed by atoms with Crippen molar-refractivity contribution in [3.8, 4) is 0 Å². The minimum Gasteiger partial charge on any atom is -0.460 e. The molecule has 0 atom stereocenters. The first kappa shape index (κ1) is 16.7. The third-order valence-electron chi connectivity index (χ3n) is 3.17. The summed E-state index contributed by atoms with van der Waals surface area (Å²) in [5.74, 6) is -0.831. The van der Waals surface area contributed by atoms with Crippen molar-refractivity contribution in [2.75, 3.05) is 6.54 Å². The van der Waals surface area contributed by atoms with Crippen molar-refractivity contribution in [3.05, 3.63) is 53.9 Å². The molecule has 1 aromatic carbocycles. The zero-order valence-corrected chi connectivity index (χ0v) is 13.6. The van der Waals surface area contributed by atoms with Gasteiger partial charge in [-0.1, -0.05) is 30.3 Å². The number of ether oxygens (including phenoxy) is 1. The Hall–Kier alpha value is -2.63. The van der Waals surface area contributed by atoms with Crippen LogP contribution in [0.4, 0.5) is 0 Å². The first-order valence-electron chi connectivity index (χ1n) is 7.39. The summed E-state index contributed by atoms with van der Waals surface area (Å²) in [7, 11) is 0. The number of hydrogen-bond donors (Lipinski definition) is 1. The topological polar surface area (TPSA) is 73.2 Å². The zero-order chi connectivity index (χ0) is 16.9. The van der Waals surface area contributed by atoms with Crippen LogP contribution in [-0.2, 0) is 21.7 Å². The van der Waals surface area contributed by atoms with Crippen LogP contribution in [-0.4, -0.2) is 28.2 Å². The Balaban J connectivity index is 1.80. The number of amides is 1. The predicted molar refractivity (Wildman–Crippen MR) is 85.8 cm³/mol. The van der Waals surface area contributed by atoms with Crippen molar-refractivity contribution >= 4 is 11.9 Å². The Morgan fingerprint density at radius 2 is 1.91 bits per heavy atom. The van der Waals surface area contributed by atoms with Gasteiger partial charge in [0.1, 0.15) is 13.2 Å². The number of benzene rings is 1. The summed E-state index contributed by atoms with van der Waals surface area (Å²) in [4.78, 5) is 23.7. The van der Waals surface area contributed by atoms with E-state index < -0.39 is 5.97 Å². The van der Waals surface area contributed by atoms with E-state index in [0.29, 0.717) is 5.56 Å². The van der Waals surface area contributed by atoms with Crippen LogP contribution in [0.25, 0.3) is 0 Å². The molecule has 0 aliphatic heterocycles. The lowest BCUT2D eigenvalue weighted by atomic mass is 10.1. The first-order valence-corrected chi connectivity index (χ1v) is 7.39. The van der Waals surface area contributed by atoms with E-state index in [9.17, 15) is 9.59 Å². The summed E-state index contributed by atoms with van der Waals surface area (Å²) in [5, 5.41) is 6.68. The van der Waals surface area contributed by atoms with E-state index in [0.717, 1.165) is 5.56 Å². The van der Waals surface area contributed by atoms with Crippen LogP contribution in [0.3, 0.4) is 0 Å². The monoisotopic (exact) mass is 315 g/mol. The second kappa shape index (κ2) is 7.09. The van der Waals surface area contributed by atoms with Crippen molar-refractivity contribution in [1.82, 2.24) is 15.1 Å². The normalized spacial score (nSPS) is 11.1. The quantitative estimate of drug-likeness (QED) is 0.858. The van der Waals surface area contributed by atoms with Crippen molar-refractivity contribution in [2.24, 2.45) is 0 Å². The third kappa shape index (κ3) is 4.95. The number of nitrogens with one attached hydrogen (secondary N) is 1. The fourth-order valence-electron chi connectivity index (χ4n) is 1.85. The Morgan fingerprint density at radius 1 is 1.22 bits per heavy atom. The maximum Gasteiger partial charge on any atom is 0.325 e. The lowest BCUT2D eigenvalue weighted by Crippen LogP contribution is -2.30. The molecule has 1 heterocycles. The van der Waals surface area contributed by atoms with Gasteiger partial charge >= 0.3 is 5.97 Å². The van der Waals surface area contributed by atoms with Gasteiger partial charge in [-0.25, -0.2) is 0 Å². The van der Waals surface area contributed by atoms with Gasteiger partial charge in [0, 0.05) is 6.20 Å². The molecule has 122 valence electrons. The minimum atomic E-state index is -0.481. The Bertz CT molecular complexity index is 672. The van der Waals surface area contributed by atoms with Gasteiger partial charge in [0.15, 0.2) is 0 Å². The zero-order valence-electron chi connectivity index (χ0n) is 13.6. The summed E-state index contributed by atoms with van der Waals surface area (Å²) in [6, 6.07) is 9.37. The van der Waals surface area contributed by atoms with Crippen molar-refractivity contribution in [3.63, 3.8) is 0 Å². The van der Waals surface area contributed by atoms with E-state index in [1.807, 2.05) is 51.1 Å². The van der Waals surface area contributed by atoms with Crippen LogP contribution in [0.2, 0.25) is 0 Å². The molecule has 1 N–H and O–H groups in total. The SMILES string of the molecule is CC(C)(C)n1cc(C(=O)NCC(=O)OCc2ccccc2)cn1. The summed E-state index contributed by atoms with van der Waals surface area (Å²) < 4.78 is 6.80. The Labute approximate surface area is 135 Å². The first-order chi connectivity index (χ1) is 10.9. The predicted octanol–water partition coefficient (Wildman–Crippen LogP) is 2.11. The molecule has 23 heavy (non-hydrogen) atoms. The fraction of sp³-hybridized carbons (Fsp3) is 0.353. The molecule has 0 saturated heterocycles. The summed E-state index contributed by atoms with van der Waals surface area (Å²) in [6.07, 6.45) is 3.14. The maximum atomic E-state index is 12.0. The molecule has 1 amide bonds. The highest BCUT2D eigenvalue weighted by Gasteiger charge is 2.17. The van der Waals surface area contributed by atoms with Gasteiger partial charge in [-0.2, -0.15) is 5.10 Å². The van der Waals surface area contributed by atoms with Gasteiger partial charge in [0.2, 0.25) is 0 Å². The molecule has 0 spiro atoms. The number of nitrogens with zero attached hydrogens (tertiary/aromatic N) is 2. The molecule has 2 rings (SSSR count). The van der Waals surface area contributed by atoms with Gasteiger partial charge < -0.3 is 10.1 Å². The second-order valence-electron chi connectivity index (χ2n) is 6.17. The number of hydrogen-bond acceptors (Lipinski definition) is 4. The number of rotatable bonds is 5. The third-order valence-corrected chi connectivity index (χ3v) is 3.17. The minimum absolute atomic E-state index is 0.174. The van der Waals surface area contributed by atoms with Crippen LogP contribution in [0.15, 0.2) is 42.7 Å². The van der Waals surface area contributed by atoms with Crippen LogP contribution in [0, 0.1) is 0 Å². The van der Waals surface area contributed by atoms with Gasteiger partial charge in [-0.05, 0) is 26.3 Å². The molecular weight excluding hydrogens is 294 g/mol. The van der Waals surface area contributed by atoms with Crippen LogP contribution >= 0.6 is 0 Å². The summed E-state index contributed by atoms with van der Waals surface area (Å²) in [6.45, 7) is 5.98. The van der Waals surface area contributed by atoms with Gasteiger partial charge in [-0.3, -0.25) is 14.3 Å². The van der Waals surface area contributed by atoms with Crippen LogP contribution in [0.1, 0.15) is 36.7 Å². The van der Waals surface area contributed by atoms with Crippen LogP contribution in [0.5, 0.6) is 0 Å². The van der Waals surface area contributed by atoms with E-state index in [1.165, 1.54) is 6.20 Å². The molecule has 0 fully saturated rings. The molecule has 0 radical (unpaired) electrons. The van der Waals surface area contributed by atoms with E-state index in [-0.39, 0.29) is 24.6 Å². The Kier molecular flexibility index (Phi) is 5.16. The van der Waals surface area contributed by atoms with Gasteiger partial charge in [0.05, 0.1) is 17.3 Å². The largest absolute Gasteiger partial charge is 0.460 e. The molecule has 0 bridgehead atoms. The smallest absolute Gasteiger partial charge is 0.325 e. The fourth-order valence-corrected chi connectivity index (χ4v) is 1.85. The van der Waals surface area contributed by atoms with Gasteiger partial charge in [0.25, 0.3) is 5.91 Å². The van der Waals surface area contributed by atoms with E-state index >= 15 is 0 Å². The highest BCUT2D eigenvalue weighted by Crippen LogP contribution is 2.13. The lowest BCUT2D eigenvalue weighted by molar-refractivity contribution is -0.143. The number of aromatic nitrogens is 2. The van der Waals surface area contributed by atoms with Crippen LogP contribution < -0.4 is 5.32 Å². The van der Waals surface area contributed by atoms with E-state index in [4.69, 9.17) is 4.74 Å². The maximum absolute atomic E-state index is 12.0. The average molecular weight is 315 g/mol. The lowest BCUT2D eigenvalue weighted by Gasteiger charge is -2.18. The van der Waals surface area contributed by atoms with Crippen molar-refractivity contribution < 1.29 is 14.3 Å². The van der Waals surface area contributed by atoms with E-state index in [2.05, 4.69) is 10.4 Å². The second-order valence-corrected chi connectivity index (χ2v) is 6.17. The highest BCUT2D eigenvalue weighted by atomic mass is 16.5. The summed E-state index contributed by atoms with van der Waals surface area (Å²) >= 11 is 0. The highest BCUT2D eigenvalue weighted by molar-refractivity contribution is 5.95. The Morgan fingerprint density at radius 3 is 2.52 bits per heavy atom. The summed E-state index contributed by atoms with van der Waals surface area (Å²) in [5.41, 5.74) is 1.11.